The maximum atomic E-state index is 12.9. The number of fused-ring (bicyclic) bond motifs is 1. The van der Waals surface area contributed by atoms with Gasteiger partial charge in [-0.3, -0.25) is 19.7 Å². The predicted molar refractivity (Wildman–Crippen MR) is 97.0 cm³/mol. The van der Waals surface area contributed by atoms with Crippen LogP contribution in [-0.4, -0.2) is 42.0 Å². The van der Waals surface area contributed by atoms with Crippen molar-refractivity contribution in [2.75, 3.05) is 4.90 Å². The van der Waals surface area contributed by atoms with Gasteiger partial charge < -0.3 is 15.0 Å². The third kappa shape index (κ3) is 4.10. The molecule has 144 valence electrons. The normalized spacial score (nSPS) is 22.5. The molecule has 8 nitrogen and oxygen atoms in total. The summed E-state index contributed by atoms with van der Waals surface area (Å²) in [5.74, 6) is -1.31. The van der Waals surface area contributed by atoms with Gasteiger partial charge in [0, 0.05) is 18.2 Å². The minimum Gasteiger partial charge on any atom is -0.453 e. The van der Waals surface area contributed by atoms with Gasteiger partial charge in [-0.25, -0.2) is 4.79 Å². The number of imide groups is 1. The van der Waals surface area contributed by atoms with Crippen molar-refractivity contribution in [2.24, 2.45) is 0 Å². The van der Waals surface area contributed by atoms with E-state index in [0.717, 1.165) is 24.1 Å². The number of benzene rings is 1. The van der Waals surface area contributed by atoms with Crippen LogP contribution in [-0.2, 0) is 25.5 Å². The zero-order chi connectivity index (χ0) is 19.6. The Morgan fingerprint density at radius 1 is 1.30 bits per heavy atom. The summed E-state index contributed by atoms with van der Waals surface area (Å²) in [6.45, 7) is 3.53. The summed E-state index contributed by atoms with van der Waals surface area (Å²) < 4.78 is 5.28. The molecule has 0 saturated carbocycles. The van der Waals surface area contributed by atoms with E-state index in [1.807, 2.05) is 31.2 Å². The lowest BCUT2D eigenvalue weighted by atomic mass is 9.96. The maximum Gasteiger partial charge on any atom is 0.322 e. The third-order valence-electron chi connectivity index (χ3n) is 4.91. The van der Waals surface area contributed by atoms with Gasteiger partial charge in [0.1, 0.15) is 6.04 Å². The molecule has 2 aliphatic heterocycles. The molecule has 3 rings (SSSR count). The van der Waals surface area contributed by atoms with E-state index in [9.17, 15) is 19.2 Å². The zero-order valence-electron chi connectivity index (χ0n) is 15.4. The van der Waals surface area contributed by atoms with E-state index in [2.05, 4.69) is 10.6 Å². The molecule has 27 heavy (non-hydrogen) atoms. The summed E-state index contributed by atoms with van der Waals surface area (Å²) in [5, 5.41) is 4.53. The van der Waals surface area contributed by atoms with Gasteiger partial charge in [0.15, 0.2) is 6.10 Å². The SMILES string of the molecule is C[C@H](OC(=O)CC[C@H]1NC(=O)NC1=O)C(=O)N1c2ccccc2CC[C@H]1C. The number of carbonyl (C=O) groups excluding carboxylic acids is 4. The quantitative estimate of drug-likeness (QED) is 0.597. The minimum atomic E-state index is -0.932. The standard InChI is InChI=1S/C19H23N3O5/c1-11-7-8-13-5-3-4-6-15(13)22(11)18(25)12(2)27-16(23)10-9-14-17(24)21-19(26)20-14/h3-6,11-12,14H,7-10H2,1-2H3,(H2,20,21,24,26)/t11-,12+,14-/m1/s1. The van der Waals surface area contributed by atoms with Crippen LogP contribution in [0.5, 0.6) is 0 Å². The van der Waals surface area contributed by atoms with Crippen molar-refractivity contribution in [3.05, 3.63) is 29.8 Å². The van der Waals surface area contributed by atoms with Crippen LogP contribution >= 0.6 is 0 Å². The van der Waals surface area contributed by atoms with Crippen LogP contribution in [0, 0.1) is 0 Å². The number of anilines is 1. The average Bonchev–Trinajstić information content (AvgIpc) is 2.96. The van der Waals surface area contributed by atoms with Gasteiger partial charge in [-0.1, -0.05) is 18.2 Å². The Morgan fingerprint density at radius 3 is 2.74 bits per heavy atom. The molecule has 0 unspecified atom stereocenters. The lowest BCUT2D eigenvalue weighted by Gasteiger charge is -2.36. The number of hydrogen-bond donors (Lipinski definition) is 2. The minimum absolute atomic E-state index is 0.0194. The Bertz CT molecular complexity index is 778. The Morgan fingerprint density at radius 2 is 2.04 bits per heavy atom. The van der Waals surface area contributed by atoms with Gasteiger partial charge in [-0.05, 0) is 44.7 Å². The Labute approximate surface area is 157 Å². The number of hydrogen-bond acceptors (Lipinski definition) is 5. The van der Waals surface area contributed by atoms with Gasteiger partial charge in [0.25, 0.3) is 11.8 Å². The highest BCUT2D eigenvalue weighted by Gasteiger charge is 2.33. The fourth-order valence-electron chi connectivity index (χ4n) is 3.45. The predicted octanol–water partition coefficient (Wildman–Crippen LogP) is 1.27. The van der Waals surface area contributed by atoms with Gasteiger partial charge >= 0.3 is 12.0 Å². The molecule has 4 amide bonds. The lowest BCUT2D eigenvalue weighted by Crippen LogP contribution is -2.47. The van der Waals surface area contributed by atoms with E-state index >= 15 is 0 Å². The van der Waals surface area contributed by atoms with E-state index in [1.54, 1.807) is 11.8 Å². The molecule has 1 fully saturated rings. The maximum absolute atomic E-state index is 12.9. The summed E-state index contributed by atoms with van der Waals surface area (Å²) in [6.07, 6.45) is 0.880. The number of esters is 1. The number of para-hydroxylation sites is 1. The summed E-state index contributed by atoms with van der Waals surface area (Å²) in [5.41, 5.74) is 1.96. The molecule has 1 aromatic carbocycles. The molecule has 2 aliphatic rings. The molecule has 2 heterocycles. The molecule has 1 aromatic rings. The summed E-state index contributed by atoms with van der Waals surface area (Å²) in [7, 11) is 0. The second kappa shape index (κ2) is 7.77. The smallest absolute Gasteiger partial charge is 0.322 e. The molecule has 8 heteroatoms. The second-order valence-corrected chi connectivity index (χ2v) is 6.91. The van der Waals surface area contributed by atoms with E-state index in [4.69, 9.17) is 4.74 Å². The summed E-state index contributed by atoms with van der Waals surface area (Å²) in [6, 6.07) is 6.43. The number of nitrogens with one attached hydrogen (secondary N) is 2. The first-order valence-corrected chi connectivity index (χ1v) is 9.08. The highest BCUT2D eigenvalue weighted by Crippen LogP contribution is 2.31. The van der Waals surface area contributed by atoms with Crippen molar-refractivity contribution in [3.63, 3.8) is 0 Å². The van der Waals surface area contributed by atoms with Crippen LogP contribution in [0.4, 0.5) is 10.5 Å². The first-order chi connectivity index (χ1) is 12.9. The highest BCUT2D eigenvalue weighted by atomic mass is 16.5. The number of urea groups is 1. The second-order valence-electron chi connectivity index (χ2n) is 6.91. The molecule has 3 atom stereocenters. The van der Waals surface area contributed by atoms with Gasteiger partial charge in [-0.2, -0.15) is 0 Å². The third-order valence-corrected chi connectivity index (χ3v) is 4.91. The van der Waals surface area contributed by atoms with Crippen molar-refractivity contribution >= 4 is 29.5 Å². The molecule has 0 bridgehead atoms. The first-order valence-electron chi connectivity index (χ1n) is 9.08. The molecule has 0 aliphatic carbocycles. The Balaban J connectivity index is 1.58. The topological polar surface area (TPSA) is 105 Å². The van der Waals surface area contributed by atoms with Crippen LogP contribution < -0.4 is 15.5 Å². The number of nitrogens with zero attached hydrogens (tertiary/aromatic N) is 1. The van der Waals surface area contributed by atoms with Crippen molar-refractivity contribution < 1.29 is 23.9 Å². The van der Waals surface area contributed by atoms with Crippen LogP contribution in [0.15, 0.2) is 24.3 Å². The fourth-order valence-corrected chi connectivity index (χ4v) is 3.45. The molecule has 1 saturated heterocycles. The summed E-state index contributed by atoms with van der Waals surface area (Å²) in [4.78, 5) is 49.2. The van der Waals surface area contributed by atoms with Crippen molar-refractivity contribution in [1.82, 2.24) is 10.6 Å². The molecular formula is C19H23N3O5. The van der Waals surface area contributed by atoms with E-state index in [1.165, 1.54) is 0 Å². The van der Waals surface area contributed by atoms with Crippen LogP contribution in [0.25, 0.3) is 0 Å². The van der Waals surface area contributed by atoms with E-state index < -0.39 is 30.1 Å². The van der Waals surface area contributed by atoms with Crippen LogP contribution in [0.1, 0.15) is 38.7 Å². The van der Waals surface area contributed by atoms with E-state index in [0.29, 0.717) is 0 Å². The van der Waals surface area contributed by atoms with Crippen molar-refractivity contribution in [3.8, 4) is 0 Å². The Kier molecular flexibility index (Phi) is 5.43. The Hall–Kier alpha value is -2.90. The highest BCUT2D eigenvalue weighted by molar-refractivity contribution is 6.04. The van der Waals surface area contributed by atoms with Crippen molar-refractivity contribution in [2.45, 2.75) is 57.7 Å². The molecule has 0 radical (unpaired) electrons. The zero-order valence-corrected chi connectivity index (χ0v) is 15.4. The molecule has 2 N–H and O–H groups in total. The van der Waals surface area contributed by atoms with Crippen LogP contribution in [0.3, 0.4) is 0 Å². The number of rotatable bonds is 5. The van der Waals surface area contributed by atoms with Gasteiger partial charge in [0.2, 0.25) is 0 Å². The molecule has 0 spiro atoms. The first kappa shape index (κ1) is 18.9. The average molecular weight is 373 g/mol. The van der Waals surface area contributed by atoms with Crippen molar-refractivity contribution in [1.29, 1.82) is 0 Å². The fraction of sp³-hybridized carbons (Fsp3) is 0.474. The largest absolute Gasteiger partial charge is 0.453 e. The van der Waals surface area contributed by atoms with Crippen LogP contribution in [0.2, 0.25) is 0 Å². The molecule has 0 aromatic heterocycles. The summed E-state index contributed by atoms with van der Waals surface area (Å²) >= 11 is 0. The monoisotopic (exact) mass is 373 g/mol. The number of aryl methyl sites for hydroxylation is 1. The number of carbonyl (C=O) groups is 4. The lowest BCUT2D eigenvalue weighted by molar-refractivity contribution is -0.154. The van der Waals surface area contributed by atoms with Gasteiger partial charge in [-0.15, -0.1) is 0 Å². The molecular weight excluding hydrogens is 350 g/mol. The number of ether oxygens (including phenoxy) is 1. The van der Waals surface area contributed by atoms with Gasteiger partial charge in [0.05, 0.1) is 0 Å². The number of amides is 4. The van der Waals surface area contributed by atoms with E-state index in [-0.39, 0.29) is 24.8 Å².